The zero-order valence-electron chi connectivity index (χ0n) is 18.4. The molecule has 1 N–H and O–H groups in total. The molecule has 0 aliphatic heterocycles. The second kappa shape index (κ2) is 9.38. The first-order valence-electron chi connectivity index (χ1n) is 11.2. The van der Waals surface area contributed by atoms with E-state index in [1.165, 1.54) is 19.3 Å². The SMILES string of the molecule is CC(C)[Si](O[C@H]1CCC[C@@H]2C=C[C@H](C)[C@H](CCCO)[C@@H]12)(C(C)C)C(C)C. The fourth-order valence-corrected chi connectivity index (χ4v) is 12.1. The van der Waals surface area contributed by atoms with Gasteiger partial charge in [0.1, 0.15) is 0 Å². The van der Waals surface area contributed by atoms with Crippen molar-refractivity contribution >= 4 is 8.32 Å². The summed E-state index contributed by atoms with van der Waals surface area (Å²) in [7, 11) is -1.85. The Bertz CT molecular complexity index is 435. The maximum absolute atomic E-state index is 9.41. The lowest BCUT2D eigenvalue weighted by atomic mass is 9.63. The van der Waals surface area contributed by atoms with Crippen molar-refractivity contribution in [2.75, 3.05) is 6.61 Å². The summed E-state index contributed by atoms with van der Waals surface area (Å²) in [4.78, 5) is 0. The van der Waals surface area contributed by atoms with Gasteiger partial charge in [-0.3, -0.25) is 0 Å². The van der Waals surface area contributed by atoms with Gasteiger partial charge in [-0.2, -0.15) is 0 Å². The van der Waals surface area contributed by atoms with Gasteiger partial charge in [0.25, 0.3) is 0 Å². The second-order valence-corrected chi connectivity index (χ2v) is 15.3. The monoisotopic (exact) mass is 380 g/mol. The molecule has 0 aromatic rings. The van der Waals surface area contributed by atoms with E-state index >= 15 is 0 Å². The Morgan fingerprint density at radius 1 is 1.00 bits per heavy atom. The number of hydrogen-bond donors (Lipinski definition) is 1. The third-order valence-corrected chi connectivity index (χ3v) is 13.7. The molecule has 0 saturated heterocycles. The highest BCUT2D eigenvalue weighted by Crippen LogP contribution is 2.50. The van der Waals surface area contributed by atoms with Crippen LogP contribution in [0.15, 0.2) is 12.2 Å². The Kier molecular flexibility index (Phi) is 8.00. The van der Waals surface area contributed by atoms with Gasteiger partial charge in [-0.1, -0.05) is 67.0 Å². The number of allylic oxidation sites excluding steroid dienone is 2. The van der Waals surface area contributed by atoms with Gasteiger partial charge in [0, 0.05) is 12.7 Å². The molecule has 3 heteroatoms. The fourth-order valence-electron chi connectivity index (χ4n) is 6.43. The van der Waals surface area contributed by atoms with Crippen LogP contribution in [0.25, 0.3) is 0 Å². The number of aliphatic hydroxyl groups excluding tert-OH is 1. The van der Waals surface area contributed by atoms with Crippen LogP contribution in [0.4, 0.5) is 0 Å². The molecule has 26 heavy (non-hydrogen) atoms. The number of hydrogen-bond acceptors (Lipinski definition) is 2. The van der Waals surface area contributed by atoms with E-state index in [4.69, 9.17) is 4.43 Å². The van der Waals surface area contributed by atoms with Crippen molar-refractivity contribution in [1.29, 1.82) is 0 Å². The van der Waals surface area contributed by atoms with E-state index in [1.807, 2.05) is 0 Å². The van der Waals surface area contributed by atoms with Crippen molar-refractivity contribution in [2.45, 2.75) is 103 Å². The standard InChI is InChI=1S/C23H44O2Si/c1-16(2)26(17(3)4,18(5)6)25-22-12-8-10-20-14-13-19(7)21(23(20)22)11-9-15-24/h13-14,16-24H,8-12,15H2,1-7H3/t19-,20+,21-,22-,23-/m0/s1. The molecular formula is C23H44O2Si. The molecule has 1 fully saturated rings. The van der Waals surface area contributed by atoms with Crippen LogP contribution in [0.5, 0.6) is 0 Å². The lowest BCUT2D eigenvalue weighted by Gasteiger charge is -2.52. The van der Waals surface area contributed by atoms with Gasteiger partial charge < -0.3 is 9.53 Å². The van der Waals surface area contributed by atoms with Gasteiger partial charge in [-0.15, -0.1) is 0 Å². The maximum atomic E-state index is 9.41. The maximum Gasteiger partial charge on any atom is 0.200 e. The average molecular weight is 381 g/mol. The number of aliphatic hydroxyl groups is 1. The van der Waals surface area contributed by atoms with E-state index in [-0.39, 0.29) is 0 Å². The summed E-state index contributed by atoms with van der Waals surface area (Å²) < 4.78 is 7.33. The molecular weight excluding hydrogens is 336 g/mol. The van der Waals surface area contributed by atoms with E-state index in [0.717, 1.165) is 12.8 Å². The first-order valence-corrected chi connectivity index (χ1v) is 13.4. The number of fused-ring (bicyclic) bond motifs is 1. The van der Waals surface area contributed by atoms with E-state index in [0.29, 0.717) is 53.0 Å². The van der Waals surface area contributed by atoms with Crippen molar-refractivity contribution in [3.05, 3.63) is 12.2 Å². The Hall–Kier alpha value is -0.123. The molecule has 0 spiro atoms. The summed E-state index contributed by atoms with van der Waals surface area (Å²) in [6.07, 6.45) is 11.3. The highest BCUT2D eigenvalue weighted by molar-refractivity contribution is 6.77. The van der Waals surface area contributed by atoms with Crippen molar-refractivity contribution in [2.24, 2.45) is 23.7 Å². The minimum atomic E-state index is -1.85. The van der Waals surface area contributed by atoms with E-state index < -0.39 is 8.32 Å². The average Bonchev–Trinajstić information content (AvgIpc) is 2.57. The molecule has 1 saturated carbocycles. The Balaban J connectivity index is 2.32. The third kappa shape index (κ3) is 4.30. The molecule has 2 aliphatic rings. The molecule has 2 aliphatic carbocycles. The van der Waals surface area contributed by atoms with Gasteiger partial charge in [0.05, 0.1) is 0 Å². The van der Waals surface area contributed by atoms with Gasteiger partial charge in [-0.25, -0.2) is 0 Å². The minimum absolute atomic E-state index is 0.318. The number of rotatable bonds is 8. The van der Waals surface area contributed by atoms with Crippen LogP contribution >= 0.6 is 0 Å². The van der Waals surface area contributed by atoms with Gasteiger partial charge >= 0.3 is 0 Å². The molecule has 0 unspecified atom stereocenters. The molecule has 2 rings (SSSR count). The largest absolute Gasteiger partial charge is 0.413 e. The van der Waals surface area contributed by atoms with Crippen LogP contribution in [0.3, 0.4) is 0 Å². The summed E-state index contributed by atoms with van der Waals surface area (Å²) in [5, 5.41) is 9.41. The fraction of sp³-hybridized carbons (Fsp3) is 0.913. The zero-order valence-corrected chi connectivity index (χ0v) is 19.4. The molecule has 5 atom stereocenters. The van der Waals surface area contributed by atoms with Crippen LogP contribution in [-0.2, 0) is 4.43 Å². The summed E-state index contributed by atoms with van der Waals surface area (Å²) >= 11 is 0. The van der Waals surface area contributed by atoms with Crippen molar-refractivity contribution in [1.82, 2.24) is 0 Å². The molecule has 0 heterocycles. The molecule has 0 bridgehead atoms. The predicted octanol–water partition coefficient (Wildman–Crippen LogP) is 6.56. The molecule has 0 amide bonds. The Morgan fingerprint density at radius 2 is 1.62 bits per heavy atom. The Labute approximate surface area is 163 Å². The van der Waals surface area contributed by atoms with Crippen LogP contribution < -0.4 is 0 Å². The van der Waals surface area contributed by atoms with Crippen LogP contribution in [0.2, 0.25) is 16.6 Å². The minimum Gasteiger partial charge on any atom is -0.413 e. The first kappa shape index (κ1) is 22.2. The molecule has 0 aromatic heterocycles. The molecule has 0 radical (unpaired) electrons. The van der Waals surface area contributed by atoms with E-state index in [1.54, 1.807) is 0 Å². The van der Waals surface area contributed by atoms with Crippen LogP contribution in [0.1, 0.15) is 80.6 Å². The summed E-state index contributed by atoms with van der Waals surface area (Å²) in [5.74, 6) is 2.62. The van der Waals surface area contributed by atoms with Crippen LogP contribution in [-0.4, -0.2) is 26.1 Å². The third-order valence-electron chi connectivity index (χ3n) is 7.54. The van der Waals surface area contributed by atoms with E-state index in [2.05, 4.69) is 60.6 Å². The molecule has 0 aromatic carbocycles. The predicted molar refractivity (Wildman–Crippen MR) is 115 cm³/mol. The Morgan fingerprint density at radius 3 is 2.15 bits per heavy atom. The topological polar surface area (TPSA) is 29.5 Å². The quantitative estimate of drug-likeness (QED) is 0.382. The van der Waals surface area contributed by atoms with Gasteiger partial charge in [-0.05, 0) is 66.0 Å². The molecule has 152 valence electrons. The van der Waals surface area contributed by atoms with E-state index in [9.17, 15) is 5.11 Å². The van der Waals surface area contributed by atoms with Gasteiger partial charge in [0.2, 0.25) is 8.32 Å². The highest BCUT2D eigenvalue weighted by Gasteiger charge is 2.50. The first-order chi connectivity index (χ1) is 12.3. The zero-order chi connectivity index (χ0) is 19.5. The normalized spacial score (nSPS) is 32.5. The summed E-state index contributed by atoms with van der Waals surface area (Å²) in [6, 6.07) is 0. The summed E-state index contributed by atoms with van der Waals surface area (Å²) in [6.45, 7) is 17.1. The summed E-state index contributed by atoms with van der Waals surface area (Å²) in [5.41, 5.74) is 1.95. The van der Waals surface area contributed by atoms with Gasteiger partial charge in [0.15, 0.2) is 0 Å². The van der Waals surface area contributed by atoms with Crippen molar-refractivity contribution in [3.8, 4) is 0 Å². The lowest BCUT2D eigenvalue weighted by molar-refractivity contribution is -0.00178. The van der Waals surface area contributed by atoms with Crippen molar-refractivity contribution < 1.29 is 9.53 Å². The lowest BCUT2D eigenvalue weighted by Crippen LogP contribution is -2.54. The van der Waals surface area contributed by atoms with Crippen LogP contribution in [0, 0.1) is 23.7 Å². The smallest absolute Gasteiger partial charge is 0.200 e. The molecule has 2 nitrogen and oxygen atoms in total. The van der Waals surface area contributed by atoms with Crippen molar-refractivity contribution in [3.63, 3.8) is 0 Å². The highest BCUT2D eigenvalue weighted by atomic mass is 28.4. The second-order valence-electron chi connectivity index (χ2n) is 9.92.